The second-order valence-electron chi connectivity index (χ2n) is 10.7. The molecule has 0 fully saturated rings. The van der Waals surface area contributed by atoms with E-state index in [9.17, 15) is 4.79 Å². The van der Waals surface area contributed by atoms with E-state index in [-0.39, 0.29) is 17.9 Å². The summed E-state index contributed by atoms with van der Waals surface area (Å²) in [6.45, 7) is 4.16. The minimum atomic E-state index is -0.0837. The number of hydrogen-bond acceptors (Lipinski definition) is 2. The summed E-state index contributed by atoms with van der Waals surface area (Å²) in [5.41, 5.74) is 7.37. The summed E-state index contributed by atoms with van der Waals surface area (Å²) < 4.78 is 0. The van der Waals surface area contributed by atoms with Crippen molar-refractivity contribution in [3.8, 4) is 0 Å². The van der Waals surface area contributed by atoms with Crippen molar-refractivity contribution in [3.05, 3.63) is 131 Å². The first-order valence-corrected chi connectivity index (χ1v) is 13.4. The number of allylic oxidation sites excluding steroid dienone is 2. The Morgan fingerprint density at radius 1 is 0.816 bits per heavy atom. The molecule has 0 bridgehead atoms. The standard InChI is InChI=1S/C35H30N2O/c1-21-17-18-25(19-22(21)2)36-35(38)31-16-8-14-29-28-13-7-15-30(28)34(37-33(29)31)32-26-11-5-3-9-23(26)20-24-10-4-6-12-27(24)32/h3-14,16-20,28,30,34,37H,15H2,1-2H3,(H,36,38). The van der Waals surface area contributed by atoms with E-state index in [2.05, 4.69) is 103 Å². The highest BCUT2D eigenvalue weighted by atomic mass is 16.1. The van der Waals surface area contributed by atoms with Gasteiger partial charge in [0.1, 0.15) is 0 Å². The first kappa shape index (κ1) is 22.8. The number of carbonyl (C=O) groups excluding carboxylic acids is 1. The van der Waals surface area contributed by atoms with Gasteiger partial charge in [0.05, 0.1) is 17.3 Å². The van der Waals surface area contributed by atoms with Crippen LogP contribution in [0.4, 0.5) is 11.4 Å². The van der Waals surface area contributed by atoms with Gasteiger partial charge in [-0.05, 0) is 94.3 Å². The molecule has 7 rings (SSSR count). The molecule has 0 spiro atoms. The summed E-state index contributed by atoms with van der Waals surface area (Å²) in [5.74, 6) is 0.567. The maximum atomic E-state index is 13.7. The smallest absolute Gasteiger partial charge is 0.257 e. The van der Waals surface area contributed by atoms with Gasteiger partial charge in [-0.3, -0.25) is 4.79 Å². The van der Waals surface area contributed by atoms with Crippen molar-refractivity contribution in [1.82, 2.24) is 0 Å². The van der Waals surface area contributed by atoms with Crippen molar-refractivity contribution < 1.29 is 4.79 Å². The van der Waals surface area contributed by atoms with E-state index in [0.717, 1.165) is 23.4 Å². The average molecular weight is 495 g/mol. The third-order valence-corrected chi connectivity index (χ3v) is 8.53. The van der Waals surface area contributed by atoms with Gasteiger partial charge in [0.15, 0.2) is 0 Å². The van der Waals surface area contributed by atoms with Crippen LogP contribution in [-0.2, 0) is 0 Å². The second-order valence-corrected chi connectivity index (χ2v) is 10.7. The quantitative estimate of drug-likeness (QED) is 0.195. The fourth-order valence-electron chi connectivity index (χ4n) is 6.50. The normalized spacial score (nSPS) is 19.7. The lowest BCUT2D eigenvalue weighted by atomic mass is 9.74. The molecule has 0 saturated carbocycles. The molecule has 1 aliphatic heterocycles. The van der Waals surface area contributed by atoms with Gasteiger partial charge in [-0.1, -0.05) is 78.9 Å². The minimum absolute atomic E-state index is 0.0778. The molecule has 0 aromatic heterocycles. The van der Waals surface area contributed by atoms with Crippen LogP contribution in [0.3, 0.4) is 0 Å². The second kappa shape index (κ2) is 8.88. The van der Waals surface area contributed by atoms with Crippen molar-refractivity contribution in [1.29, 1.82) is 0 Å². The zero-order chi connectivity index (χ0) is 25.8. The molecule has 5 aromatic carbocycles. The van der Waals surface area contributed by atoms with Gasteiger partial charge in [0.2, 0.25) is 0 Å². The molecule has 3 nitrogen and oxygen atoms in total. The summed E-state index contributed by atoms with van der Waals surface area (Å²) in [4.78, 5) is 13.7. The summed E-state index contributed by atoms with van der Waals surface area (Å²) >= 11 is 0. The molecule has 3 unspecified atom stereocenters. The predicted molar refractivity (Wildman–Crippen MR) is 158 cm³/mol. The van der Waals surface area contributed by atoms with Gasteiger partial charge in [-0.25, -0.2) is 0 Å². The van der Waals surface area contributed by atoms with Crippen LogP contribution in [0.1, 0.15) is 51.0 Å². The number of amides is 1. The Bertz CT molecular complexity index is 1710. The Morgan fingerprint density at radius 3 is 2.29 bits per heavy atom. The molecule has 0 radical (unpaired) electrons. The van der Waals surface area contributed by atoms with Crippen molar-refractivity contribution in [2.24, 2.45) is 5.92 Å². The number of rotatable bonds is 3. The molecule has 5 aromatic rings. The molecule has 38 heavy (non-hydrogen) atoms. The Hall–Kier alpha value is -4.37. The fraction of sp³-hybridized carbons (Fsp3) is 0.171. The van der Waals surface area contributed by atoms with E-state index in [1.54, 1.807) is 0 Å². The van der Waals surface area contributed by atoms with E-state index in [1.807, 2.05) is 24.3 Å². The number of nitrogens with one attached hydrogen (secondary N) is 2. The van der Waals surface area contributed by atoms with Crippen LogP contribution >= 0.6 is 0 Å². The molecule has 2 N–H and O–H groups in total. The van der Waals surface area contributed by atoms with Gasteiger partial charge in [-0.15, -0.1) is 0 Å². The zero-order valence-corrected chi connectivity index (χ0v) is 21.7. The number of benzene rings is 5. The lowest BCUT2D eigenvalue weighted by Gasteiger charge is -2.39. The highest BCUT2D eigenvalue weighted by molar-refractivity contribution is 6.09. The summed E-state index contributed by atoms with van der Waals surface area (Å²) in [6.07, 6.45) is 5.67. The topological polar surface area (TPSA) is 41.1 Å². The van der Waals surface area contributed by atoms with E-state index in [0.29, 0.717) is 11.5 Å². The molecule has 1 heterocycles. The van der Waals surface area contributed by atoms with Gasteiger partial charge in [0.25, 0.3) is 5.91 Å². The largest absolute Gasteiger partial charge is 0.377 e. The Kier molecular flexibility index (Phi) is 5.33. The zero-order valence-electron chi connectivity index (χ0n) is 21.7. The summed E-state index contributed by atoms with van der Waals surface area (Å²) in [6, 6.07) is 31.9. The number of aryl methyl sites for hydroxylation is 2. The van der Waals surface area contributed by atoms with Crippen molar-refractivity contribution in [2.75, 3.05) is 10.6 Å². The fourth-order valence-corrected chi connectivity index (χ4v) is 6.50. The van der Waals surface area contributed by atoms with Gasteiger partial charge in [0, 0.05) is 11.6 Å². The third kappa shape index (κ3) is 3.61. The maximum Gasteiger partial charge on any atom is 0.257 e. The van der Waals surface area contributed by atoms with Crippen molar-refractivity contribution >= 4 is 38.8 Å². The Labute approximate surface area is 223 Å². The van der Waals surface area contributed by atoms with E-state index < -0.39 is 0 Å². The molecular formula is C35H30N2O. The average Bonchev–Trinajstić information content (AvgIpc) is 3.44. The van der Waals surface area contributed by atoms with E-state index in [4.69, 9.17) is 0 Å². The predicted octanol–water partition coefficient (Wildman–Crippen LogP) is 8.69. The van der Waals surface area contributed by atoms with Crippen LogP contribution in [0.5, 0.6) is 0 Å². The van der Waals surface area contributed by atoms with Crippen LogP contribution in [0.25, 0.3) is 21.5 Å². The van der Waals surface area contributed by atoms with E-state index >= 15 is 0 Å². The van der Waals surface area contributed by atoms with Crippen LogP contribution in [-0.4, -0.2) is 5.91 Å². The Morgan fingerprint density at radius 2 is 1.55 bits per heavy atom. The van der Waals surface area contributed by atoms with Gasteiger partial charge in [-0.2, -0.15) is 0 Å². The molecule has 1 amide bonds. The molecule has 186 valence electrons. The van der Waals surface area contributed by atoms with Crippen molar-refractivity contribution in [2.45, 2.75) is 32.2 Å². The number of fused-ring (bicyclic) bond motifs is 5. The van der Waals surface area contributed by atoms with Crippen LogP contribution < -0.4 is 10.6 Å². The molecule has 3 heteroatoms. The van der Waals surface area contributed by atoms with Crippen molar-refractivity contribution in [3.63, 3.8) is 0 Å². The SMILES string of the molecule is Cc1ccc(NC(=O)c2cccc3c2NC(c2c4ccccc4cc4ccccc24)C2CC=CC32)cc1C. The van der Waals surface area contributed by atoms with Crippen LogP contribution in [0.2, 0.25) is 0 Å². The van der Waals surface area contributed by atoms with Gasteiger partial charge >= 0.3 is 0 Å². The number of hydrogen-bond donors (Lipinski definition) is 2. The monoisotopic (exact) mass is 494 g/mol. The molecule has 1 aliphatic carbocycles. The number of anilines is 2. The van der Waals surface area contributed by atoms with Gasteiger partial charge < -0.3 is 10.6 Å². The summed E-state index contributed by atoms with van der Waals surface area (Å²) in [7, 11) is 0. The van der Waals surface area contributed by atoms with Crippen LogP contribution in [0.15, 0.2) is 103 Å². The highest BCUT2D eigenvalue weighted by Crippen LogP contribution is 2.52. The molecule has 3 atom stereocenters. The number of carbonyl (C=O) groups is 1. The molecule has 2 aliphatic rings. The third-order valence-electron chi connectivity index (χ3n) is 8.53. The van der Waals surface area contributed by atoms with E-state index in [1.165, 1.54) is 38.2 Å². The number of para-hydroxylation sites is 1. The first-order valence-electron chi connectivity index (χ1n) is 13.4. The molecule has 0 saturated heterocycles. The first-order chi connectivity index (χ1) is 18.6. The minimum Gasteiger partial charge on any atom is -0.377 e. The Balaban J connectivity index is 1.37. The highest BCUT2D eigenvalue weighted by Gasteiger charge is 2.40. The lowest BCUT2D eigenvalue weighted by molar-refractivity contribution is 0.102. The lowest BCUT2D eigenvalue weighted by Crippen LogP contribution is -2.31. The maximum absolute atomic E-state index is 13.7. The van der Waals surface area contributed by atoms with Crippen LogP contribution in [0, 0.1) is 19.8 Å². The summed E-state index contributed by atoms with van der Waals surface area (Å²) in [5, 5.41) is 12.1. The molecular weight excluding hydrogens is 464 g/mol.